The molecule has 0 saturated heterocycles. The van der Waals surface area contributed by atoms with Gasteiger partial charge in [0.05, 0.1) is 4.88 Å². The summed E-state index contributed by atoms with van der Waals surface area (Å²) < 4.78 is 0. The van der Waals surface area contributed by atoms with Crippen LogP contribution in [0.4, 0.5) is 5.69 Å². The fourth-order valence-corrected chi connectivity index (χ4v) is 2.80. The number of hydrogen-bond donors (Lipinski definition) is 0. The summed E-state index contributed by atoms with van der Waals surface area (Å²) in [5, 5.41) is 1.96. The van der Waals surface area contributed by atoms with E-state index in [0.717, 1.165) is 16.1 Å². The number of aryl methyl sites for hydroxylation is 1. The van der Waals surface area contributed by atoms with Crippen LogP contribution in [-0.4, -0.2) is 11.9 Å². The van der Waals surface area contributed by atoms with Crippen LogP contribution in [0.5, 0.6) is 0 Å². The Labute approximate surface area is 112 Å². The highest BCUT2D eigenvalue weighted by Gasteiger charge is 2.22. The summed E-state index contributed by atoms with van der Waals surface area (Å²) in [6.45, 7) is 6.05. The van der Waals surface area contributed by atoms with E-state index >= 15 is 0 Å². The van der Waals surface area contributed by atoms with E-state index in [9.17, 15) is 4.79 Å². The normalized spacial score (nSPS) is 10.7. The Balaban J connectivity index is 2.38. The highest BCUT2D eigenvalue weighted by atomic mass is 32.1. The lowest BCUT2D eigenvalue weighted by Gasteiger charge is -2.26. The van der Waals surface area contributed by atoms with Crippen LogP contribution < -0.4 is 4.90 Å². The Morgan fingerprint density at radius 3 is 2.33 bits per heavy atom. The third-order valence-electron chi connectivity index (χ3n) is 2.83. The minimum absolute atomic E-state index is 0.0868. The average Bonchev–Trinajstić information content (AvgIpc) is 2.76. The van der Waals surface area contributed by atoms with E-state index in [1.807, 2.05) is 67.4 Å². The van der Waals surface area contributed by atoms with Crippen molar-refractivity contribution in [3.63, 3.8) is 0 Å². The van der Waals surface area contributed by atoms with Crippen molar-refractivity contribution >= 4 is 22.9 Å². The minimum atomic E-state index is 0.0868. The number of rotatable bonds is 3. The second kappa shape index (κ2) is 5.36. The van der Waals surface area contributed by atoms with Gasteiger partial charge in [-0.2, -0.15) is 0 Å². The Hall–Kier alpha value is -1.61. The van der Waals surface area contributed by atoms with Crippen LogP contribution in [0.15, 0.2) is 41.8 Å². The van der Waals surface area contributed by atoms with Crippen LogP contribution in [0.25, 0.3) is 0 Å². The number of anilines is 1. The van der Waals surface area contributed by atoms with Crippen molar-refractivity contribution in [2.75, 3.05) is 4.90 Å². The van der Waals surface area contributed by atoms with Gasteiger partial charge in [-0.1, -0.05) is 18.2 Å². The molecule has 2 nitrogen and oxygen atoms in total. The lowest BCUT2D eigenvalue weighted by atomic mass is 10.2. The van der Waals surface area contributed by atoms with E-state index in [0.29, 0.717) is 0 Å². The van der Waals surface area contributed by atoms with Gasteiger partial charge in [-0.3, -0.25) is 4.79 Å². The molecule has 0 unspecified atom stereocenters. The van der Waals surface area contributed by atoms with Crippen molar-refractivity contribution in [1.29, 1.82) is 0 Å². The molecule has 0 bridgehead atoms. The molecular weight excluding hydrogens is 242 g/mol. The largest absolute Gasteiger partial charge is 0.305 e. The molecule has 0 spiro atoms. The molecule has 0 aliphatic carbocycles. The Bertz CT molecular complexity index is 530. The average molecular weight is 259 g/mol. The van der Waals surface area contributed by atoms with Crippen molar-refractivity contribution in [2.45, 2.75) is 26.8 Å². The van der Waals surface area contributed by atoms with Crippen molar-refractivity contribution in [3.05, 3.63) is 52.2 Å². The maximum atomic E-state index is 12.6. The van der Waals surface area contributed by atoms with Crippen molar-refractivity contribution in [1.82, 2.24) is 0 Å². The van der Waals surface area contributed by atoms with E-state index in [1.165, 1.54) is 11.3 Å². The summed E-state index contributed by atoms with van der Waals surface area (Å²) in [6, 6.07) is 12.0. The smallest absolute Gasteiger partial charge is 0.268 e. The van der Waals surface area contributed by atoms with Gasteiger partial charge in [-0.15, -0.1) is 11.3 Å². The summed E-state index contributed by atoms with van der Waals surface area (Å²) in [4.78, 5) is 15.3. The maximum Gasteiger partial charge on any atom is 0.268 e. The van der Waals surface area contributed by atoms with Gasteiger partial charge in [0.25, 0.3) is 5.91 Å². The van der Waals surface area contributed by atoms with Crippen LogP contribution >= 0.6 is 11.3 Å². The van der Waals surface area contributed by atoms with Crippen molar-refractivity contribution < 1.29 is 4.79 Å². The zero-order chi connectivity index (χ0) is 13.1. The number of para-hydroxylation sites is 1. The number of nitrogens with zero attached hydrogens (tertiary/aromatic N) is 1. The molecule has 0 N–H and O–H groups in total. The molecule has 1 amide bonds. The molecule has 94 valence electrons. The number of carbonyl (C=O) groups is 1. The first-order valence-corrected chi connectivity index (χ1v) is 6.92. The number of amides is 1. The van der Waals surface area contributed by atoms with Gasteiger partial charge in [0.1, 0.15) is 0 Å². The summed E-state index contributed by atoms with van der Waals surface area (Å²) in [5.41, 5.74) is 2.00. The Morgan fingerprint density at radius 2 is 1.83 bits per heavy atom. The summed E-state index contributed by atoms with van der Waals surface area (Å²) >= 11 is 1.51. The van der Waals surface area contributed by atoms with Crippen LogP contribution in [0, 0.1) is 6.92 Å². The number of hydrogen-bond acceptors (Lipinski definition) is 2. The van der Waals surface area contributed by atoms with E-state index < -0.39 is 0 Å². The number of thiophene rings is 1. The van der Waals surface area contributed by atoms with Crippen molar-refractivity contribution in [3.8, 4) is 0 Å². The standard InChI is InChI=1S/C15H17NOS/c1-11(2)16(13-7-5-4-6-8-13)15(17)14-12(3)9-10-18-14/h4-11H,1-3H3. The van der Waals surface area contributed by atoms with E-state index in [4.69, 9.17) is 0 Å². The summed E-state index contributed by atoms with van der Waals surface area (Å²) in [7, 11) is 0. The first kappa shape index (κ1) is 12.8. The Morgan fingerprint density at radius 1 is 1.17 bits per heavy atom. The molecule has 1 aromatic heterocycles. The second-order valence-electron chi connectivity index (χ2n) is 4.54. The first-order chi connectivity index (χ1) is 8.61. The van der Waals surface area contributed by atoms with Crippen LogP contribution in [0.1, 0.15) is 29.1 Å². The van der Waals surface area contributed by atoms with Gasteiger partial charge in [0.15, 0.2) is 0 Å². The molecule has 0 fully saturated rings. The molecule has 0 saturated carbocycles. The number of benzene rings is 1. The fraction of sp³-hybridized carbons (Fsp3) is 0.267. The molecule has 0 atom stereocenters. The monoisotopic (exact) mass is 259 g/mol. The van der Waals surface area contributed by atoms with E-state index in [1.54, 1.807) is 0 Å². The number of carbonyl (C=O) groups excluding carboxylic acids is 1. The van der Waals surface area contributed by atoms with E-state index in [-0.39, 0.29) is 11.9 Å². The van der Waals surface area contributed by atoms with Gasteiger partial charge in [0, 0.05) is 11.7 Å². The van der Waals surface area contributed by atoms with Gasteiger partial charge in [0.2, 0.25) is 0 Å². The molecule has 1 heterocycles. The molecule has 3 heteroatoms. The zero-order valence-electron chi connectivity index (χ0n) is 10.9. The molecule has 0 aliphatic heterocycles. The van der Waals surface area contributed by atoms with Gasteiger partial charge in [-0.05, 0) is 49.9 Å². The summed E-state index contributed by atoms with van der Waals surface area (Å²) in [6.07, 6.45) is 0. The van der Waals surface area contributed by atoms with Crippen molar-refractivity contribution in [2.24, 2.45) is 0 Å². The van der Waals surface area contributed by atoms with Crippen LogP contribution in [0.3, 0.4) is 0 Å². The summed E-state index contributed by atoms with van der Waals surface area (Å²) in [5.74, 6) is 0.0868. The lowest BCUT2D eigenvalue weighted by molar-refractivity contribution is 0.0983. The van der Waals surface area contributed by atoms with Gasteiger partial charge >= 0.3 is 0 Å². The highest BCUT2D eigenvalue weighted by Crippen LogP contribution is 2.24. The molecule has 1 aromatic carbocycles. The quantitative estimate of drug-likeness (QED) is 0.812. The molecule has 2 rings (SSSR count). The third-order valence-corrected chi connectivity index (χ3v) is 3.83. The predicted molar refractivity (Wildman–Crippen MR) is 77.4 cm³/mol. The van der Waals surface area contributed by atoms with Gasteiger partial charge in [-0.25, -0.2) is 0 Å². The molecule has 2 aromatic rings. The Kier molecular flexibility index (Phi) is 3.82. The maximum absolute atomic E-state index is 12.6. The molecule has 0 aliphatic rings. The minimum Gasteiger partial charge on any atom is -0.305 e. The van der Waals surface area contributed by atoms with Crippen LogP contribution in [-0.2, 0) is 0 Å². The zero-order valence-corrected chi connectivity index (χ0v) is 11.7. The third kappa shape index (κ3) is 2.46. The van der Waals surface area contributed by atoms with Crippen LogP contribution in [0.2, 0.25) is 0 Å². The predicted octanol–water partition coefficient (Wildman–Crippen LogP) is 4.11. The topological polar surface area (TPSA) is 20.3 Å². The molecule has 18 heavy (non-hydrogen) atoms. The second-order valence-corrected chi connectivity index (χ2v) is 5.45. The lowest BCUT2D eigenvalue weighted by Crippen LogP contribution is -2.36. The SMILES string of the molecule is Cc1ccsc1C(=O)N(c1ccccc1)C(C)C. The van der Waals surface area contributed by atoms with E-state index in [2.05, 4.69) is 0 Å². The highest BCUT2D eigenvalue weighted by molar-refractivity contribution is 7.12. The fourth-order valence-electron chi connectivity index (χ4n) is 1.94. The first-order valence-electron chi connectivity index (χ1n) is 6.04. The van der Waals surface area contributed by atoms with Gasteiger partial charge < -0.3 is 4.90 Å². The molecule has 0 radical (unpaired) electrons. The molecular formula is C15H17NOS.